The third kappa shape index (κ3) is 3.46. The van der Waals surface area contributed by atoms with Crippen molar-refractivity contribution in [3.05, 3.63) is 41.0 Å². The van der Waals surface area contributed by atoms with Crippen LogP contribution in [0.3, 0.4) is 0 Å². The largest absolute Gasteiger partial charge is 0.391 e. The van der Waals surface area contributed by atoms with Gasteiger partial charge in [0.15, 0.2) is 0 Å². The molecule has 0 radical (unpaired) electrons. The second-order valence-electron chi connectivity index (χ2n) is 5.06. The van der Waals surface area contributed by atoms with Crippen LogP contribution in [0.5, 0.6) is 0 Å². The maximum Gasteiger partial charge on any atom is 0.251 e. The number of nitrogens with one attached hydrogen (secondary N) is 1. The van der Waals surface area contributed by atoms with Gasteiger partial charge in [-0.1, -0.05) is 25.4 Å². The van der Waals surface area contributed by atoms with E-state index in [0.717, 1.165) is 10.9 Å². The molecule has 5 heteroatoms. The van der Waals surface area contributed by atoms with Crippen molar-refractivity contribution >= 4 is 28.4 Å². The van der Waals surface area contributed by atoms with E-state index >= 15 is 0 Å². The number of hydrogen-bond acceptors (Lipinski definition) is 3. The van der Waals surface area contributed by atoms with Crippen LogP contribution in [0.2, 0.25) is 5.15 Å². The fourth-order valence-electron chi connectivity index (χ4n) is 1.78. The monoisotopic (exact) mass is 292 g/mol. The Kier molecular flexibility index (Phi) is 4.57. The normalized spacial score (nSPS) is 12.7. The molecule has 0 spiro atoms. The van der Waals surface area contributed by atoms with E-state index in [9.17, 15) is 9.90 Å². The third-order valence-corrected chi connectivity index (χ3v) is 3.37. The summed E-state index contributed by atoms with van der Waals surface area (Å²) >= 11 is 5.82. The molecule has 2 aromatic rings. The van der Waals surface area contributed by atoms with Gasteiger partial charge in [-0.15, -0.1) is 0 Å². The molecule has 2 rings (SSSR count). The van der Waals surface area contributed by atoms with Crippen LogP contribution >= 0.6 is 11.6 Å². The fraction of sp³-hybridized carbons (Fsp3) is 0.333. The summed E-state index contributed by atoms with van der Waals surface area (Å²) in [5, 5.41) is 13.7. The van der Waals surface area contributed by atoms with Gasteiger partial charge >= 0.3 is 0 Å². The number of pyridine rings is 1. The molecule has 0 aliphatic heterocycles. The maximum atomic E-state index is 12.0. The Morgan fingerprint density at radius 1 is 1.35 bits per heavy atom. The van der Waals surface area contributed by atoms with E-state index in [4.69, 9.17) is 11.6 Å². The molecule has 2 N–H and O–H groups in total. The van der Waals surface area contributed by atoms with Crippen LogP contribution in [0, 0.1) is 5.92 Å². The van der Waals surface area contributed by atoms with Crippen molar-refractivity contribution in [1.29, 1.82) is 0 Å². The third-order valence-electron chi connectivity index (χ3n) is 3.16. The average molecular weight is 293 g/mol. The predicted octanol–water partition coefficient (Wildman–Crippen LogP) is 2.63. The Bertz CT molecular complexity index is 628. The number of amides is 1. The number of aromatic nitrogens is 1. The number of hydrogen-bond donors (Lipinski definition) is 2. The van der Waals surface area contributed by atoms with Crippen LogP contribution in [0.4, 0.5) is 0 Å². The van der Waals surface area contributed by atoms with E-state index in [-0.39, 0.29) is 18.4 Å². The minimum Gasteiger partial charge on any atom is -0.391 e. The van der Waals surface area contributed by atoms with Crippen molar-refractivity contribution in [3.63, 3.8) is 0 Å². The minimum atomic E-state index is -0.542. The quantitative estimate of drug-likeness (QED) is 0.852. The minimum absolute atomic E-state index is 0.109. The van der Waals surface area contributed by atoms with Gasteiger partial charge in [-0.2, -0.15) is 0 Å². The van der Waals surface area contributed by atoms with Crippen LogP contribution in [0.25, 0.3) is 10.9 Å². The summed E-state index contributed by atoms with van der Waals surface area (Å²) in [5.41, 5.74) is 1.29. The SMILES string of the molecule is CC(C)C(O)CNC(=O)c1ccc2nc(Cl)ccc2c1. The Balaban J connectivity index is 2.12. The van der Waals surface area contributed by atoms with Crippen molar-refractivity contribution in [2.75, 3.05) is 6.54 Å². The van der Waals surface area contributed by atoms with Crippen molar-refractivity contribution in [2.45, 2.75) is 20.0 Å². The molecule has 0 bridgehead atoms. The number of rotatable bonds is 4. The highest BCUT2D eigenvalue weighted by Gasteiger charge is 2.12. The van der Waals surface area contributed by atoms with Gasteiger partial charge in [0.2, 0.25) is 0 Å². The van der Waals surface area contributed by atoms with Gasteiger partial charge < -0.3 is 10.4 Å². The predicted molar refractivity (Wildman–Crippen MR) is 79.9 cm³/mol. The van der Waals surface area contributed by atoms with Gasteiger partial charge in [-0.3, -0.25) is 4.79 Å². The number of aliphatic hydroxyl groups excluding tert-OH is 1. The molecule has 1 atom stereocenters. The van der Waals surface area contributed by atoms with Gasteiger partial charge in [0.1, 0.15) is 5.15 Å². The molecule has 1 aromatic heterocycles. The second-order valence-corrected chi connectivity index (χ2v) is 5.45. The zero-order valence-electron chi connectivity index (χ0n) is 11.4. The zero-order valence-corrected chi connectivity index (χ0v) is 12.2. The highest BCUT2D eigenvalue weighted by molar-refractivity contribution is 6.29. The maximum absolute atomic E-state index is 12.0. The number of halogens is 1. The highest BCUT2D eigenvalue weighted by Crippen LogP contribution is 2.17. The van der Waals surface area contributed by atoms with E-state index in [0.29, 0.717) is 10.7 Å². The lowest BCUT2D eigenvalue weighted by atomic mass is 10.1. The summed E-state index contributed by atoms with van der Waals surface area (Å²) in [6, 6.07) is 8.73. The zero-order chi connectivity index (χ0) is 14.7. The molecule has 1 amide bonds. The van der Waals surface area contributed by atoms with Crippen molar-refractivity contribution in [3.8, 4) is 0 Å². The summed E-state index contributed by atoms with van der Waals surface area (Å²) in [7, 11) is 0. The molecule has 1 heterocycles. The summed E-state index contributed by atoms with van der Waals surface area (Å²) in [5.74, 6) is -0.0974. The summed E-state index contributed by atoms with van der Waals surface area (Å²) in [6.45, 7) is 4.05. The van der Waals surface area contributed by atoms with Gasteiger partial charge in [0, 0.05) is 17.5 Å². The van der Waals surface area contributed by atoms with Crippen LogP contribution in [-0.2, 0) is 0 Å². The van der Waals surface area contributed by atoms with E-state index in [1.54, 1.807) is 24.3 Å². The summed E-state index contributed by atoms with van der Waals surface area (Å²) < 4.78 is 0. The number of fused-ring (bicyclic) bond motifs is 1. The number of carbonyl (C=O) groups excluding carboxylic acids is 1. The average Bonchev–Trinajstić information content (AvgIpc) is 2.43. The molecule has 0 aliphatic carbocycles. The van der Waals surface area contributed by atoms with Crippen molar-refractivity contribution in [2.24, 2.45) is 5.92 Å². The van der Waals surface area contributed by atoms with E-state index in [1.807, 2.05) is 19.9 Å². The van der Waals surface area contributed by atoms with Crippen LogP contribution < -0.4 is 5.32 Å². The Morgan fingerprint density at radius 3 is 2.80 bits per heavy atom. The van der Waals surface area contributed by atoms with Gasteiger partial charge in [0.25, 0.3) is 5.91 Å². The smallest absolute Gasteiger partial charge is 0.251 e. The first kappa shape index (κ1) is 14.8. The van der Waals surface area contributed by atoms with Gasteiger partial charge in [-0.05, 0) is 36.2 Å². The molecule has 0 fully saturated rings. The molecule has 0 saturated heterocycles. The molecule has 106 valence electrons. The Labute approximate surface area is 122 Å². The lowest BCUT2D eigenvalue weighted by Gasteiger charge is -2.15. The first-order valence-electron chi connectivity index (χ1n) is 6.50. The van der Waals surface area contributed by atoms with Gasteiger partial charge in [-0.25, -0.2) is 4.98 Å². The molecular weight excluding hydrogens is 276 g/mol. The number of benzene rings is 1. The van der Waals surface area contributed by atoms with Crippen LogP contribution in [0.15, 0.2) is 30.3 Å². The van der Waals surface area contributed by atoms with Crippen molar-refractivity contribution < 1.29 is 9.90 Å². The van der Waals surface area contributed by atoms with E-state index < -0.39 is 6.10 Å². The molecular formula is C15H17ClN2O2. The van der Waals surface area contributed by atoms with Gasteiger partial charge in [0.05, 0.1) is 11.6 Å². The number of aliphatic hydroxyl groups is 1. The fourth-order valence-corrected chi connectivity index (χ4v) is 1.93. The molecule has 20 heavy (non-hydrogen) atoms. The molecule has 1 aromatic carbocycles. The van der Waals surface area contributed by atoms with Crippen molar-refractivity contribution in [1.82, 2.24) is 10.3 Å². The lowest BCUT2D eigenvalue weighted by molar-refractivity contribution is 0.0871. The Morgan fingerprint density at radius 2 is 2.10 bits per heavy atom. The Hall–Kier alpha value is -1.65. The summed E-state index contributed by atoms with van der Waals surface area (Å²) in [4.78, 5) is 16.2. The lowest BCUT2D eigenvalue weighted by Crippen LogP contribution is -2.34. The number of nitrogens with zero attached hydrogens (tertiary/aromatic N) is 1. The highest BCUT2D eigenvalue weighted by atomic mass is 35.5. The number of carbonyl (C=O) groups is 1. The summed E-state index contributed by atoms with van der Waals surface area (Å²) in [6.07, 6.45) is -0.542. The standard InChI is InChI=1S/C15H17ClN2O2/c1-9(2)13(19)8-17-15(20)11-3-5-12-10(7-11)4-6-14(16)18-12/h3-7,9,13,19H,8H2,1-2H3,(H,17,20). The van der Waals surface area contributed by atoms with Crippen LogP contribution in [-0.4, -0.2) is 28.6 Å². The second kappa shape index (κ2) is 6.20. The van der Waals surface area contributed by atoms with E-state index in [1.165, 1.54) is 0 Å². The molecule has 0 aliphatic rings. The molecule has 1 unspecified atom stereocenters. The van der Waals surface area contributed by atoms with E-state index in [2.05, 4.69) is 10.3 Å². The first-order chi connectivity index (χ1) is 9.47. The molecule has 0 saturated carbocycles. The van der Waals surface area contributed by atoms with Crippen LogP contribution in [0.1, 0.15) is 24.2 Å². The topological polar surface area (TPSA) is 62.2 Å². The molecule has 4 nitrogen and oxygen atoms in total. The first-order valence-corrected chi connectivity index (χ1v) is 6.88.